The van der Waals surface area contributed by atoms with Crippen LogP contribution in [0.15, 0.2) is 36.5 Å². The Morgan fingerprint density at radius 1 is 1.15 bits per heavy atom. The minimum atomic E-state index is 0.00835. The van der Waals surface area contributed by atoms with Gasteiger partial charge in [0.15, 0.2) is 0 Å². The van der Waals surface area contributed by atoms with Crippen LogP contribution in [0.3, 0.4) is 0 Å². The Morgan fingerprint density at radius 3 is 2.78 bits per heavy atom. The number of carbonyl (C=O) groups is 1. The van der Waals surface area contributed by atoms with Gasteiger partial charge in [0.25, 0.3) is 0 Å². The van der Waals surface area contributed by atoms with Crippen LogP contribution in [0.4, 0.5) is 5.82 Å². The number of nitrogens with two attached hydrogens (primary N) is 1. The Hall–Kier alpha value is -2.18. The highest BCUT2D eigenvalue weighted by atomic mass is 16.5. The number of anilines is 1. The molecule has 0 saturated carbocycles. The van der Waals surface area contributed by atoms with Crippen molar-refractivity contribution in [3.8, 4) is 0 Å². The number of rotatable bonds is 5. The summed E-state index contributed by atoms with van der Waals surface area (Å²) in [5, 5.41) is 2.43. The van der Waals surface area contributed by atoms with E-state index < -0.39 is 0 Å². The SMILES string of the molecule is N[C@H]1CCCN(C=O)[C@H]1COC1CCN(c2nccc3ccccc23)CC1. The van der Waals surface area contributed by atoms with Crippen LogP contribution < -0.4 is 10.6 Å². The number of piperidine rings is 2. The fraction of sp³-hybridized carbons (Fsp3) is 0.524. The van der Waals surface area contributed by atoms with Gasteiger partial charge < -0.3 is 20.3 Å². The minimum Gasteiger partial charge on any atom is -0.376 e. The second kappa shape index (κ2) is 8.23. The molecule has 0 bridgehead atoms. The number of aromatic nitrogens is 1. The molecule has 27 heavy (non-hydrogen) atoms. The van der Waals surface area contributed by atoms with Crippen molar-refractivity contribution >= 4 is 23.0 Å². The van der Waals surface area contributed by atoms with E-state index in [9.17, 15) is 4.79 Å². The summed E-state index contributed by atoms with van der Waals surface area (Å²) in [6.07, 6.45) is 6.90. The summed E-state index contributed by atoms with van der Waals surface area (Å²) < 4.78 is 6.17. The molecule has 0 spiro atoms. The fourth-order valence-electron chi connectivity index (χ4n) is 4.29. The third kappa shape index (κ3) is 3.92. The normalized spacial score (nSPS) is 24.3. The molecule has 0 unspecified atom stereocenters. The molecule has 1 aromatic heterocycles. The van der Waals surface area contributed by atoms with Gasteiger partial charge in [-0.05, 0) is 37.1 Å². The smallest absolute Gasteiger partial charge is 0.210 e. The van der Waals surface area contributed by atoms with Crippen LogP contribution in [0.5, 0.6) is 0 Å². The van der Waals surface area contributed by atoms with Crippen LogP contribution in [0.2, 0.25) is 0 Å². The average molecular weight is 368 g/mol. The van der Waals surface area contributed by atoms with Crippen LogP contribution in [-0.4, -0.2) is 60.7 Å². The summed E-state index contributed by atoms with van der Waals surface area (Å²) in [6.45, 7) is 3.19. The van der Waals surface area contributed by atoms with Crippen molar-refractivity contribution in [3.05, 3.63) is 36.5 Å². The molecule has 4 rings (SSSR count). The minimum absolute atomic E-state index is 0.00835. The molecule has 2 fully saturated rings. The van der Waals surface area contributed by atoms with Gasteiger partial charge in [0.1, 0.15) is 5.82 Å². The summed E-state index contributed by atoms with van der Waals surface area (Å²) in [4.78, 5) is 20.1. The van der Waals surface area contributed by atoms with Crippen molar-refractivity contribution in [3.63, 3.8) is 0 Å². The van der Waals surface area contributed by atoms with Gasteiger partial charge in [-0.25, -0.2) is 4.98 Å². The van der Waals surface area contributed by atoms with E-state index in [0.717, 1.165) is 57.5 Å². The number of likely N-dealkylation sites (tertiary alicyclic amines) is 1. The van der Waals surface area contributed by atoms with Crippen LogP contribution in [0.1, 0.15) is 25.7 Å². The van der Waals surface area contributed by atoms with Crippen molar-refractivity contribution in [2.75, 3.05) is 31.1 Å². The fourth-order valence-corrected chi connectivity index (χ4v) is 4.29. The lowest BCUT2D eigenvalue weighted by Gasteiger charge is -2.39. The number of amides is 1. The monoisotopic (exact) mass is 368 g/mol. The quantitative estimate of drug-likeness (QED) is 0.819. The molecule has 2 aliphatic rings. The van der Waals surface area contributed by atoms with Gasteiger partial charge in [-0.3, -0.25) is 4.79 Å². The number of pyridine rings is 1. The zero-order valence-electron chi connectivity index (χ0n) is 15.7. The lowest BCUT2D eigenvalue weighted by atomic mass is 9.98. The van der Waals surface area contributed by atoms with Gasteiger partial charge in [0, 0.05) is 37.3 Å². The molecule has 0 radical (unpaired) electrons. The van der Waals surface area contributed by atoms with E-state index in [2.05, 4.69) is 40.2 Å². The molecule has 1 amide bonds. The number of carbonyl (C=O) groups excluding carboxylic acids is 1. The first-order chi connectivity index (χ1) is 13.3. The van der Waals surface area contributed by atoms with Gasteiger partial charge >= 0.3 is 0 Å². The first-order valence-electron chi connectivity index (χ1n) is 9.93. The summed E-state index contributed by atoms with van der Waals surface area (Å²) >= 11 is 0. The Balaban J connectivity index is 1.34. The number of hydrogen-bond acceptors (Lipinski definition) is 5. The lowest BCUT2D eigenvalue weighted by molar-refractivity contribution is -0.124. The van der Waals surface area contributed by atoms with Crippen molar-refractivity contribution in [1.82, 2.24) is 9.88 Å². The molecule has 3 heterocycles. The first-order valence-corrected chi connectivity index (χ1v) is 9.93. The topological polar surface area (TPSA) is 71.7 Å². The highest BCUT2D eigenvalue weighted by Gasteiger charge is 2.30. The second-order valence-corrected chi connectivity index (χ2v) is 7.59. The number of nitrogens with zero attached hydrogens (tertiary/aromatic N) is 3. The molecule has 6 heteroatoms. The van der Waals surface area contributed by atoms with Crippen LogP contribution >= 0.6 is 0 Å². The number of benzene rings is 1. The van der Waals surface area contributed by atoms with E-state index in [4.69, 9.17) is 10.5 Å². The second-order valence-electron chi connectivity index (χ2n) is 7.59. The molecular formula is C21H28N4O2. The standard InChI is InChI=1S/C21H28N4O2/c22-19-6-3-11-25(15-26)20(19)14-27-17-8-12-24(13-9-17)21-18-5-2-1-4-16(18)7-10-23-21/h1-2,4-5,7,10,15,17,19-20H,3,6,8-9,11-14,22H2/t19-,20-/m0/s1. The van der Waals surface area contributed by atoms with Crippen LogP contribution in [0.25, 0.3) is 10.8 Å². The third-order valence-electron chi connectivity index (χ3n) is 5.91. The summed E-state index contributed by atoms with van der Waals surface area (Å²) in [7, 11) is 0. The third-order valence-corrected chi connectivity index (χ3v) is 5.91. The van der Waals surface area contributed by atoms with Crippen LogP contribution in [0, 0.1) is 0 Å². The molecule has 6 nitrogen and oxygen atoms in total. The molecule has 0 aliphatic carbocycles. The van der Waals surface area contributed by atoms with Gasteiger partial charge in [-0.1, -0.05) is 24.3 Å². The predicted molar refractivity (Wildman–Crippen MR) is 107 cm³/mol. The van der Waals surface area contributed by atoms with E-state index >= 15 is 0 Å². The number of hydrogen-bond donors (Lipinski definition) is 1. The zero-order chi connectivity index (χ0) is 18.6. The van der Waals surface area contributed by atoms with Crippen molar-refractivity contribution in [2.45, 2.75) is 43.9 Å². The van der Waals surface area contributed by atoms with Crippen molar-refractivity contribution in [2.24, 2.45) is 5.73 Å². The number of fused-ring (bicyclic) bond motifs is 1. The maximum absolute atomic E-state index is 11.3. The largest absolute Gasteiger partial charge is 0.376 e. The van der Waals surface area contributed by atoms with E-state index in [0.29, 0.717) is 6.61 Å². The molecule has 2 atom stereocenters. The Kier molecular flexibility index (Phi) is 5.55. The predicted octanol–water partition coefficient (Wildman–Crippen LogP) is 2.17. The molecule has 2 aromatic rings. The molecule has 2 N–H and O–H groups in total. The van der Waals surface area contributed by atoms with Crippen LogP contribution in [-0.2, 0) is 9.53 Å². The maximum Gasteiger partial charge on any atom is 0.210 e. The maximum atomic E-state index is 11.3. The van der Waals surface area contributed by atoms with E-state index in [1.807, 2.05) is 11.1 Å². The van der Waals surface area contributed by atoms with Gasteiger partial charge in [-0.15, -0.1) is 0 Å². The Bertz CT molecular complexity index is 770. The zero-order valence-corrected chi connectivity index (χ0v) is 15.7. The van der Waals surface area contributed by atoms with Crippen molar-refractivity contribution in [1.29, 1.82) is 0 Å². The molecule has 144 valence electrons. The Morgan fingerprint density at radius 2 is 1.96 bits per heavy atom. The molecule has 2 aliphatic heterocycles. The first kappa shape index (κ1) is 18.2. The van der Waals surface area contributed by atoms with E-state index in [1.54, 1.807) is 0 Å². The van der Waals surface area contributed by atoms with Gasteiger partial charge in [0.05, 0.1) is 18.8 Å². The van der Waals surface area contributed by atoms with Crippen molar-refractivity contribution < 1.29 is 9.53 Å². The summed E-state index contributed by atoms with van der Waals surface area (Å²) in [5.74, 6) is 1.06. The summed E-state index contributed by atoms with van der Waals surface area (Å²) in [6, 6.07) is 10.5. The Labute approximate surface area is 160 Å². The molecular weight excluding hydrogens is 340 g/mol. The van der Waals surface area contributed by atoms with Gasteiger partial charge in [-0.2, -0.15) is 0 Å². The van der Waals surface area contributed by atoms with E-state index in [-0.39, 0.29) is 18.2 Å². The van der Waals surface area contributed by atoms with E-state index in [1.165, 1.54) is 10.8 Å². The van der Waals surface area contributed by atoms with Gasteiger partial charge in [0.2, 0.25) is 6.41 Å². The molecule has 2 saturated heterocycles. The summed E-state index contributed by atoms with van der Waals surface area (Å²) in [5.41, 5.74) is 6.21. The average Bonchev–Trinajstić information content (AvgIpc) is 2.72. The highest BCUT2D eigenvalue weighted by molar-refractivity contribution is 5.92. The lowest BCUT2D eigenvalue weighted by Crippen LogP contribution is -2.54. The molecule has 1 aromatic carbocycles. The number of ether oxygens (including phenoxy) is 1. The highest BCUT2D eigenvalue weighted by Crippen LogP contribution is 2.27.